The largest absolute Gasteiger partial charge is 0.438 e. The Morgan fingerprint density at radius 3 is 2.39 bits per heavy atom. The molecule has 1 aliphatic rings. The summed E-state index contributed by atoms with van der Waals surface area (Å²) in [5.74, 6) is -1.02. The summed E-state index contributed by atoms with van der Waals surface area (Å²) in [4.78, 5) is 12.5. The molecular weight excluding hydrogens is 337 g/mol. The number of aryl methyl sites for hydroxylation is 1. The highest BCUT2D eigenvalue weighted by Gasteiger charge is 2.63. The average Bonchev–Trinajstić information content (AvgIpc) is 2.88. The van der Waals surface area contributed by atoms with Crippen LogP contribution in [0.5, 0.6) is 0 Å². The normalized spacial score (nSPS) is 23.2. The van der Waals surface area contributed by atoms with Crippen LogP contribution in [0.4, 0.5) is 13.2 Å². The number of aromatic nitrogens is 2. The van der Waals surface area contributed by atoms with Crippen LogP contribution in [0.2, 0.25) is 5.02 Å². The first-order chi connectivity index (χ1) is 10.4. The van der Waals surface area contributed by atoms with Gasteiger partial charge < -0.3 is 5.11 Å². The van der Waals surface area contributed by atoms with Crippen LogP contribution in [0.15, 0.2) is 5.10 Å². The first-order valence-electron chi connectivity index (χ1n) is 6.78. The van der Waals surface area contributed by atoms with E-state index in [1.807, 2.05) is 0 Å². The summed E-state index contributed by atoms with van der Waals surface area (Å²) in [7, 11) is 0. The van der Waals surface area contributed by atoms with Crippen molar-refractivity contribution in [3.8, 4) is 0 Å². The Bertz CT molecular complexity index is 685. The molecule has 23 heavy (non-hydrogen) atoms. The zero-order valence-corrected chi connectivity index (χ0v) is 13.7. The molecule has 0 unspecified atom stereocenters. The monoisotopic (exact) mass is 352 g/mol. The molecule has 0 fully saturated rings. The Morgan fingerprint density at radius 2 is 1.96 bits per heavy atom. The van der Waals surface area contributed by atoms with Crippen molar-refractivity contribution >= 4 is 23.2 Å². The van der Waals surface area contributed by atoms with E-state index in [0.717, 1.165) is 0 Å². The highest BCUT2D eigenvalue weighted by Crippen LogP contribution is 2.41. The van der Waals surface area contributed by atoms with Crippen molar-refractivity contribution in [2.45, 2.75) is 52.1 Å². The van der Waals surface area contributed by atoms with Crippen LogP contribution < -0.4 is 0 Å². The maximum atomic E-state index is 13.2. The zero-order chi connectivity index (χ0) is 17.7. The van der Waals surface area contributed by atoms with Gasteiger partial charge in [0.2, 0.25) is 0 Å². The van der Waals surface area contributed by atoms with E-state index in [1.54, 1.807) is 13.8 Å². The van der Waals surface area contributed by atoms with Crippen LogP contribution in [0.3, 0.4) is 0 Å². The topological polar surface area (TPSA) is 70.7 Å². The van der Waals surface area contributed by atoms with Gasteiger partial charge in [-0.25, -0.2) is 0 Å². The van der Waals surface area contributed by atoms with Crippen molar-refractivity contribution in [3.63, 3.8) is 0 Å². The third kappa shape index (κ3) is 2.72. The lowest BCUT2D eigenvalue weighted by atomic mass is 10.1. The lowest BCUT2D eigenvalue weighted by Gasteiger charge is -2.34. The van der Waals surface area contributed by atoms with E-state index in [2.05, 4.69) is 10.2 Å². The van der Waals surface area contributed by atoms with Gasteiger partial charge in [-0.05, 0) is 27.7 Å². The zero-order valence-electron chi connectivity index (χ0n) is 12.9. The van der Waals surface area contributed by atoms with Crippen LogP contribution in [0.25, 0.3) is 0 Å². The van der Waals surface area contributed by atoms with Gasteiger partial charge in [-0.3, -0.25) is 9.48 Å². The first kappa shape index (κ1) is 17.7. The summed E-state index contributed by atoms with van der Waals surface area (Å²) in [6.07, 6.45) is -5.82. The maximum absolute atomic E-state index is 13.2. The number of aliphatic hydroxyl groups is 1. The van der Waals surface area contributed by atoms with Crippen LogP contribution in [0, 0.1) is 13.8 Å². The number of nitrogens with zero attached hydrogens (tertiary/aromatic N) is 4. The second-order valence-corrected chi connectivity index (χ2v) is 5.96. The summed E-state index contributed by atoms with van der Waals surface area (Å²) in [5.41, 5.74) is -2.43. The number of carbonyl (C=O) groups is 1. The highest BCUT2D eigenvalue weighted by molar-refractivity contribution is 6.31. The highest BCUT2D eigenvalue weighted by atomic mass is 35.5. The van der Waals surface area contributed by atoms with E-state index in [0.29, 0.717) is 16.4 Å². The van der Waals surface area contributed by atoms with Gasteiger partial charge in [0.1, 0.15) is 6.04 Å². The molecule has 1 amide bonds. The first-order valence-corrected chi connectivity index (χ1v) is 7.16. The SMILES string of the molecule is CC1=NN(C(=O)[C@H](C)n2nc(C)c(Cl)c2C)[C@](O)(C(F)(F)F)C1. The minimum atomic E-state index is -5.03. The maximum Gasteiger partial charge on any atom is 0.438 e. The Balaban J connectivity index is 2.40. The number of rotatable bonds is 2. The van der Waals surface area contributed by atoms with Gasteiger partial charge in [-0.1, -0.05) is 11.6 Å². The quantitative estimate of drug-likeness (QED) is 0.889. The van der Waals surface area contributed by atoms with Gasteiger partial charge in [0.15, 0.2) is 0 Å². The predicted octanol–water partition coefficient (Wildman–Crippen LogP) is 2.57. The molecule has 1 aromatic heterocycles. The molecule has 1 aliphatic heterocycles. The Labute approximate surface area is 135 Å². The van der Waals surface area contributed by atoms with E-state index >= 15 is 0 Å². The van der Waals surface area contributed by atoms with Gasteiger partial charge in [-0.2, -0.15) is 28.4 Å². The van der Waals surface area contributed by atoms with Crippen molar-refractivity contribution in [1.29, 1.82) is 0 Å². The molecular formula is C13H16ClF3N4O2. The van der Waals surface area contributed by atoms with E-state index in [4.69, 9.17) is 11.6 Å². The van der Waals surface area contributed by atoms with E-state index < -0.39 is 30.3 Å². The van der Waals surface area contributed by atoms with Gasteiger partial charge in [0.05, 0.1) is 16.4 Å². The van der Waals surface area contributed by atoms with Crippen LogP contribution in [0.1, 0.15) is 37.7 Å². The molecule has 128 valence electrons. The summed E-state index contributed by atoms with van der Waals surface area (Å²) in [6, 6.07) is -1.11. The fourth-order valence-corrected chi connectivity index (χ4v) is 2.60. The molecule has 0 bridgehead atoms. The number of alkyl halides is 3. The Kier molecular flexibility index (Phi) is 4.23. The number of amides is 1. The smallest absolute Gasteiger partial charge is 0.362 e. The minimum absolute atomic E-state index is 0.0109. The van der Waals surface area contributed by atoms with Gasteiger partial charge in [0.25, 0.3) is 11.6 Å². The van der Waals surface area contributed by atoms with Gasteiger partial charge in [-0.15, -0.1) is 0 Å². The molecule has 0 aromatic carbocycles. The lowest BCUT2D eigenvalue weighted by Crippen LogP contribution is -2.57. The molecule has 0 spiro atoms. The van der Waals surface area contributed by atoms with E-state index in [9.17, 15) is 23.1 Å². The summed E-state index contributed by atoms with van der Waals surface area (Å²) in [6.45, 7) is 5.90. The molecule has 2 atom stereocenters. The molecule has 6 nitrogen and oxygen atoms in total. The second kappa shape index (κ2) is 5.48. The standard InChI is InChI=1S/C13H16ClF3N4O2/c1-6-5-12(23,13(15,16)17)21(18-6)11(22)9(4)20-8(3)10(14)7(2)19-20/h9,23H,5H2,1-4H3/t9-,12+/m0/s1. The molecule has 1 aromatic rings. The van der Waals surface area contributed by atoms with Crippen molar-refractivity contribution in [1.82, 2.24) is 14.8 Å². The van der Waals surface area contributed by atoms with E-state index in [-0.39, 0.29) is 10.7 Å². The Morgan fingerprint density at radius 1 is 1.39 bits per heavy atom. The van der Waals surface area contributed by atoms with E-state index in [1.165, 1.54) is 18.5 Å². The number of hydrogen-bond donors (Lipinski definition) is 1. The fraction of sp³-hybridized carbons (Fsp3) is 0.615. The van der Waals surface area contributed by atoms with Gasteiger partial charge >= 0.3 is 6.18 Å². The van der Waals surface area contributed by atoms with Crippen molar-refractivity contribution in [2.24, 2.45) is 5.10 Å². The Hall–Kier alpha value is -1.61. The molecule has 0 saturated carbocycles. The fourth-order valence-electron chi connectivity index (χ4n) is 2.47. The molecule has 10 heteroatoms. The third-order valence-electron chi connectivity index (χ3n) is 3.75. The minimum Gasteiger partial charge on any atom is -0.362 e. The van der Waals surface area contributed by atoms with Crippen LogP contribution in [-0.4, -0.2) is 43.4 Å². The van der Waals surface area contributed by atoms with Crippen LogP contribution >= 0.6 is 11.6 Å². The van der Waals surface area contributed by atoms with Crippen LogP contribution in [-0.2, 0) is 4.79 Å². The second-order valence-electron chi connectivity index (χ2n) is 5.58. The number of hydrogen-bond acceptors (Lipinski definition) is 4. The number of carbonyl (C=O) groups excluding carboxylic acids is 1. The molecule has 0 saturated heterocycles. The third-order valence-corrected chi connectivity index (χ3v) is 4.29. The predicted molar refractivity (Wildman–Crippen MR) is 77.0 cm³/mol. The van der Waals surface area contributed by atoms with Crippen molar-refractivity contribution in [3.05, 3.63) is 16.4 Å². The molecule has 2 rings (SSSR count). The summed E-state index contributed by atoms with van der Waals surface area (Å²) in [5, 5.41) is 18.0. The molecule has 1 N–H and O–H groups in total. The van der Waals surface area contributed by atoms with Crippen molar-refractivity contribution in [2.75, 3.05) is 0 Å². The number of hydrazone groups is 1. The van der Waals surface area contributed by atoms with Crippen molar-refractivity contribution < 1.29 is 23.1 Å². The molecule has 0 radical (unpaired) electrons. The molecule has 2 heterocycles. The lowest BCUT2D eigenvalue weighted by molar-refractivity contribution is -0.303. The van der Waals surface area contributed by atoms with Gasteiger partial charge in [0, 0.05) is 12.1 Å². The molecule has 0 aliphatic carbocycles. The summed E-state index contributed by atoms with van der Waals surface area (Å²) >= 11 is 5.99. The number of halogens is 4. The average molecular weight is 353 g/mol. The summed E-state index contributed by atoms with van der Waals surface area (Å²) < 4.78 is 40.8.